The van der Waals surface area contributed by atoms with Crippen molar-refractivity contribution in [1.29, 1.82) is 0 Å². The highest BCUT2D eigenvalue weighted by molar-refractivity contribution is 6.30. The van der Waals surface area contributed by atoms with Crippen molar-refractivity contribution in [3.8, 4) is 22.4 Å². The number of unbranched alkanes of at least 4 members (excludes halogenated alkanes) is 1. The molecule has 2 heterocycles. The van der Waals surface area contributed by atoms with Gasteiger partial charge in [0.05, 0.1) is 11.4 Å². The summed E-state index contributed by atoms with van der Waals surface area (Å²) in [6, 6.07) is 28.8. The Hall–Kier alpha value is -3.63. The van der Waals surface area contributed by atoms with Crippen LogP contribution in [0.1, 0.15) is 31.0 Å². The lowest BCUT2D eigenvalue weighted by molar-refractivity contribution is 0.795. The zero-order valence-electron chi connectivity index (χ0n) is 19.4. The van der Waals surface area contributed by atoms with Gasteiger partial charge in [-0.15, -0.1) is 0 Å². The number of nitrogens with zero attached hydrogens (tertiary/aromatic N) is 3. The predicted molar refractivity (Wildman–Crippen MR) is 142 cm³/mol. The minimum absolute atomic E-state index is 0.709. The molecule has 0 spiro atoms. The van der Waals surface area contributed by atoms with Gasteiger partial charge >= 0.3 is 0 Å². The van der Waals surface area contributed by atoms with Crippen LogP contribution in [0.15, 0.2) is 84.9 Å². The largest absolute Gasteiger partial charge is 0.340 e. The summed E-state index contributed by atoms with van der Waals surface area (Å²) in [6.07, 6.45) is 3.52. The first-order valence-corrected chi connectivity index (χ1v) is 12.1. The molecule has 0 aliphatic rings. The molecule has 3 aromatic carbocycles. The molecule has 2 aromatic heterocycles. The molecule has 5 heteroatoms. The summed E-state index contributed by atoms with van der Waals surface area (Å²) in [5.41, 5.74) is 8.11. The standard InChI is InChI=1S/C29H27ClN4/c1-3-4-8-21-11-17-25(18-12-21)31-27-19-26(22-9-6-5-7-10-22)32-29-28(20(2)33-34(27)29)23-13-15-24(30)16-14-23/h5-7,9-19,31H,3-4,8H2,1-2H3. The smallest absolute Gasteiger partial charge is 0.166 e. The van der Waals surface area contributed by atoms with E-state index < -0.39 is 0 Å². The molecule has 0 amide bonds. The zero-order valence-corrected chi connectivity index (χ0v) is 20.2. The average molecular weight is 467 g/mol. The molecule has 0 saturated carbocycles. The van der Waals surface area contributed by atoms with E-state index in [2.05, 4.69) is 54.7 Å². The Morgan fingerprint density at radius 1 is 0.882 bits per heavy atom. The Morgan fingerprint density at radius 2 is 1.62 bits per heavy atom. The Kier molecular flexibility index (Phi) is 6.33. The maximum atomic E-state index is 6.14. The van der Waals surface area contributed by atoms with Crippen molar-refractivity contribution in [1.82, 2.24) is 14.6 Å². The summed E-state index contributed by atoms with van der Waals surface area (Å²) in [7, 11) is 0. The molecule has 0 fully saturated rings. The van der Waals surface area contributed by atoms with E-state index in [0.29, 0.717) is 5.02 Å². The number of aryl methyl sites for hydroxylation is 2. The van der Waals surface area contributed by atoms with E-state index in [4.69, 9.17) is 21.7 Å². The summed E-state index contributed by atoms with van der Waals surface area (Å²) in [4.78, 5) is 5.04. The van der Waals surface area contributed by atoms with Crippen LogP contribution in [-0.2, 0) is 6.42 Å². The number of fused-ring (bicyclic) bond motifs is 1. The number of anilines is 2. The van der Waals surface area contributed by atoms with Crippen LogP contribution in [0.25, 0.3) is 28.0 Å². The minimum atomic E-state index is 0.709. The van der Waals surface area contributed by atoms with Crippen molar-refractivity contribution in [2.75, 3.05) is 5.32 Å². The van der Waals surface area contributed by atoms with E-state index in [1.54, 1.807) is 0 Å². The Morgan fingerprint density at radius 3 is 2.32 bits per heavy atom. The molecule has 5 rings (SSSR count). The number of benzene rings is 3. The first-order valence-electron chi connectivity index (χ1n) is 11.7. The lowest BCUT2D eigenvalue weighted by Gasteiger charge is -2.12. The molecule has 34 heavy (non-hydrogen) atoms. The molecule has 1 N–H and O–H groups in total. The van der Waals surface area contributed by atoms with E-state index in [1.165, 1.54) is 18.4 Å². The summed E-state index contributed by atoms with van der Waals surface area (Å²) < 4.78 is 1.90. The lowest BCUT2D eigenvalue weighted by Crippen LogP contribution is -2.03. The average Bonchev–Trinajstić information content (AvgIpc) is 3.20. The number of hydrogen-bond donors (Lipinski definition) is 1. The molecule has 4 nitrogen and oxygen atoms in total. The van der Waals surface area contributed by atoms with Gasteiger partial charge in [-0.2, -0.15) is 9.61 Å². The van der Waals surface area contributed by atoms with Crippen LogP contribution in [0, 0.1) is 6.92 Å². The fourth-order valence-electron chi connectivity index (χ4n) is 4.21. The third-order valence-corrected chi connectivity index (χ3v) is 6.26. The Bertz CT molecular complexity index is 1410. The molecule has 0 aliphatic heterocycles. The fourth-order valence-corrected chi connectivity index (χ4v) is 4.33. The Balaban J connectivity index is 1.63. The first kappa shape index (κ1) is 22.2. The van der Waals surface area contributed by atoms with Crippen molar-refractivity contribution in [2.45, 2.75) is 33.1 Å². The third-order valence-electron chi connectivity index (χ3n) is 6.01. The second-order valence-corrected chi connectivity index (χ2v) is 8.96. The lowest BCUT2D eigenvalue weighted by atomic mass is 10.1. The van der Waals surface area contributed by atoms with E-state index in [9.17, 15) is 0 Å². The van der Waals surface area contributed by atoms with Gasteiger partial charge in [0.15, 0.2) is 5.65 Å². The van der Waals surface area contributed by atoms with Crippen LogP contribution in [0.2, 0.25) is 5.02 Å². The SMILES string of the molecule is CCCCc1ccc(Nc2cc(-c3ccccc3)nc3c(-c4ccc(Cl)cc4)c(C)nn23)cc1. The highest BCUT2D eigenvalue weighted by Crippen LogP contribution is 2.33. The third kappa shape index (κ3) is 4.55. The molecule has 0 atom stereocenters. The molecule has 5 aromatic rings. The number of rotatable bonds is 7. The van der Waals surface area contributed by atoms with Gasteiger partial charge in [0, 0.05) is 27.9 Å². The van der Waals surface area contributed by atoms with E-state index in [0.717, 1.165) is 51.7 Å². The van der Waals surface area contributed by atoms with Crippen molar-refractivity contribution < 1.29 is 0 Å². The van der Waals surface area contributed by atoms with Gasteiger partial charge in [0.2, 0.25) is 0 Å². The van der Waals surface area contributed by atoms with Crippen molar-refractivity contribution >= 4 is 28.8 Å². The normalized spacial score (nSPS) is 11.1. The fraction of sp³-hybridized carbons (Fsp3) is 0.172. The van der Waals surface area contributed by atoms with E-state index >= 15 is 0 Å². The first-order chi connectivity index (χ1) is 16.6. The predicted octanol–water partition coefficient (Wildman–Crippen LogP) is 8.11. The summed E-state index contributed by atoms with van der Waals surface area (Å²) in [5, 5.41) is 9.15. The number of hydrogen-bond acceptors (Lipinski definition) is 3. The summed E-state index contributed by atoms with van der Waals surface area (Å²) in [5.74, 6) is 0.869. The number of aromatic nitrogens is 3. The van der Waals surface area contributed by atoms with Crippen LogP contribution in [-0.4, -0.2) is 14.6 Å². The quantitative estimate of drug-likeness (QED) is 0.263. The topological polar surface area (TPSA) is 42.2 Å². The van der Waals surface area contributed by atoms with Gasteiger partial charge in [0.25, 0.3) is 0 Å². The van der Waals surface area contributed by atoms with Crippen LogP contribution >= 0.6 is 11.6 Å². The van der Waals surface area contributed by atoms with Gasteiger partial charge < -0.3 is 5.32 Å². The molecule has 0 saturated heterocycles. The van der Waals surface area contributed by atoms with Crippen LogP contribution in [0.4, 0.5) is 11.5 Å². The summed E-state index contributed by atoms with van der Waals surface area (Å²) >= 11 is 6.14. The van der Waals surface area contributed by atoms with Gasteiger partial charge in [-0.1, -0.05) is 79.5 Å². The van der Waals surface area contributed by atoms with Gasteiger partial charge in [-0.3, -0.25) is 0 Å². The van der Waals surface area contributed by atoms with Crippen LogP contribution in [0.3, 0.4) is 0 Å². The van der Waals surface area contributed by atoms with E-state index in [1.807, 2.05) is 53.9 Å². The monoisotopic (exact) mass is 466 g/mol. The molecule has 170 valence electrons. The molecule has 0 unspecified atom stereocenters. The second-order valence-electron chi connectivity index (χ2n) is 8.52. The van der Waals surface area contributed by atoms with Crippen molar-refractivity contribution in [3.63, 3.8) is 0 Å². The number of halogens is 1. The maximum Gasteiger partial charge on any atom is 0.166 e. The van der Waals surface area contributed by atoms with Gasteiger partial charge in [-0.25, -0.2) is 4.98 Å². The number of nitrogens with one attached hydrogen (secondary N) is 1. The molecule has 0 radical (unpaired) electrons. The Labute approximate surface area is 205 Å². The minimum Gasteiger partial charge on any atom is -0.340 e. The van der Waals surface area contributed by atoms with Crippen LogP contribution in [0.5, 0.6) is 0 Å². The van der Waals surface area contributed by atoms with Crippen LogP contribution < -0.4 is 5.32 Å². The molecule has 0 bridgehead atoms. The second kappa shape index (κ2) is 9.70. The molecular formula is C29H27ClN4. The summed E-state index contributed by atoms with van der Waals surface area (Å²) in [6.45, 7) is 4.24. The van der Waals surface area contributed by atoms with Crippen molar-refractivity contribution in [2.24, 2.45) is 0 Å². The maximum absolute atomic E-state index is 6.14. The van der Waals surface area contributed by atoms with E-state index in [-0.39, 0.29) is 0 Å². The highest BCUT2D eigenvalue weighted by atomic mass is 35.5. The zero-order chi connectivity index (χ0) is 23.5. The van der Waals surface area contributed by atoms with Gasteiger partial charge in [-0.05, 0) is 55.2 Å². The molecule has 0 aliphatic carbocycles. The highest BCUT2D eigenvalue weighted by Gasteiger charge is 2.17. The van der Waals surface area contributed by atoms with Gasteiger partial charge in [0.1, 0.15) is 5.82 Å². The van der Waals surface area contributed by atoms with Crippen molar-refractivity contribution in [3.05, 3.63) is 101 Å². The molecular weight excluding hydrogens is 440 g/mol.